The Kier molecular flexibility index (Phi) is 8.05. The number of cyclic esters (lactones) is 1. The Morgan fingerprint density at radius 2 is 1.97 bits per heavy atom. The number of hydroxylamine groups is 2. The Hall–Kier alpha value is -2.97. The van der Waals surface area contributed by atoms with Crippen molar-refractivity contribution in [1.29, 1.82) is 0 Å². The maximum absolute atomic E-state index is 15.0. The van der Waals surface area contributed by atoms with Crippen LogP contribution in [-0.2, 0) is 14.3 Å². The molecule has 2 aliphatic heterocycles. The molecule has 11 nitrogen and oxygen atoms in total. The van der Waals surface area contributed by atoms with Crippen LogP contribution in [0.2, 0.25) is 0 Å². The molecule has 1 atom stereocenters. The zero-order chi connectivity index (χ0) is 24.1. The van der Waals surface area contributed by atoms with E-state index in [0.29, 0.717) is 0 Å². The molecule has 1 aromatic carbocycles. The van der Waals surface area contributed by atoms with Crippen LogP contribution in [0.15, 0.2) is 12.1 Å². The first-order valence-corrected chi connectivity index (χ1v) is 10.5. The second-order valence-corrected chi connectivity index (χ2v) is 7.85. The third-order valence-electron chi connectivity index (χ3n) is 4.89. The molecule has 0 bridgehead atoms. The van der Waals surface area contributed by atoms with Crippen molar-refractivity contribution in [2.24, 2.45) is 0 Å². The maximum atomic E-state index is 15.0. The van der Waals surface area contributed by atoms with Crippen molar-refractivity contribution >= 4 is 40.9 Å². The van der Waals surface area contributed by atoms with E-state index in [-0.39, 0.29) is 55.9 Å². The van der Waals surface area contributed by atoms with Crippen LogP contribution < -0.4 is 20.5 Å². The quantitative estimate of drug-likeness (QED) is 0.466. The van der Waals surface area contributed by atoms with Crippen LogP contribution in [-0.4, -0.2) is 94.0 Å². The van der Waals surface area contributed by atoms with E-state index in [4.69, 9.17) is 26.5 Å². The number of rotatable bonds is 5. The van der Waals surface area contributed by atoms with Gasteiger partial charge in [0.15, 0.2) is 11.6 Å². The fourth-order valence-electron chi connectivity index (χ4n) is 3.40. The number of benzene rings is 1. The number of methoxy groups -OCH3 is 1. The molecule has 0 unspecified atom stereocenters. The molecule has 0 spiro atoms. The van der Waals surface area contributed by atoms with Gasteiger partial charge in [-0.15, -0.1) is 0 Å². The van der Waals surface area contributed by atoms with Gasteiger partial charge in [0, 0.05) is 39.3 Å². The average molecular weight is 489 g/mol. The summed E-state index contributed by atoms with van der Waals surface area (Å²) in [5.74, 6) is -1.68. The largest absolute Gasteiger partial charge is 0.474 e. The molecule has 2 heterocycles. The molecule has 1 aromatic rings. The smallest absolute Gasteiger partial charge is 0.414 e. The Bertz CT molecular complexity index is 884. The van der Waals surface area contributed by atoms with Crippen LogP contribution in [0, 0.1) is 11.6 Å². The van der Waals surface area contributed by atoms with Crippen molar-refractivity contribution in [2.75, 3.05) is 70.3 Å². The van der Waals surface area contributed by atoms with Crippen molar-refractivity contribution < 1.29 is 32.7 Å². The van der Waals surface area contributed by atoms with Crippen LogP contribution in [0.5, 0.6) is 0 Å². The first kappa shape index (κ1) is 24.7. The van der Waals surface area contributed by atoms with E-state index in [2.05, 4.69) is 10.7 Å². The average Bonchev–Trinajstić information content (AvgIpc) is 2.96. The van der Waals surface area contributed by atoms with Gasteiger partial charge in [0.05, 0.1) is 39.0 Å². The molecule has 2 saturated heterocycles. The van der Waals surface area contributed by atoms with Gasteiger partial charge in [-0.3, -0.25) is 15.2 Å². The number of halogens is 2. The van der Waals surface area contributed by atoms with Crippen molar-refractivity contribution in [3.8, 4) is 0 Å². The lowest BCUT2D eigenvalue weighted by Crippen LogP contribution is -2.46. The molecule has 3 amide bonds. The van der Waals surface area contributed by atoms with Crippen molar-refractivity contribution in [3.63, 3.8) is 0 Å². The monoisotopic (exact) mass is 488 g/mol. The number of thiocarbonyl (C=S) groups is 1. The Balaban J connectivity index is 1.68. The summed E-state index contributed by atoms with van der Waals surface area (Å²) >= 11 is 4.87. The van der Waals surface area contributed by atoms with E-state index in [1.807, 2.05) is 0 Å². The molecular formula is C19H26F2N6O5S. The van der Waals surface area contributed by atoms with E-state index in [1.54, 1.807) is 14.1 Å². The summed E-state index contributed by atoms with van der Waals surface area (Å²) in [4.78, 5) is 32.3. The minimum absolute atomic E-state index is 0.0358. The van der Waals surface area contributed by atoms with Gasteiger partial charge in [-0.2, -0.15) is 0 Å². The number of amides is 3. The number of nitrogens with one attached hydrogen (secondary N) is 2. The number of nitrogens with zero attached hydrogens (tertiary/aromatic N) is 4. The lowest BCUT2D eigenvalue weighted by atomic mass is 10.2. The Morgan fingerprint density at radius 3 is 2.61 bits per heavy atom. The number of hydrazine groups is 1. The van der Waals surface area contributed by atoms with Gasteiger partial charge < -0.3 is 19.7 Å². The van der Waals surface area contributed by atoms with Crippen LogP contribution in [0.3, 0.4) is 0 Å². The van der Waals surface area contributed by atoms with E-state index in [9.17, 15) is 18.4 Å². The molecule has 3 rings (SSSR count). The predicted molar refractivity (Wildman–Crippen MR) is 119 cm³/mol. The summed E-state index contributed by atoms with van der Waals surface area (Å²) in [6.45, 7) is 0.743. The highest BCUT2D eigenvalue weighted by molar-refractivity contribution is 7.80. The van der Waals surface area contributed by atoms with Gasteiger partial charge in [-0.25, -0.2) is 28.4 Å². The SMILES string of the molecule is COC(=S)NC[C@H]1CN(c2cc(F)c(N3CCON(C(=O)NN(C)C)CC3)c(F)c2)C(=O)O1. The topological polar surface area (TPSA) is 98.9 Å². The molecule has 2 N–H and O–H groups in total. The Labute approximate surface area is 195 Å². The first-order chi connectivity index (χ1) is 15.7. The summed E-state index contributed by atoms with van der Waals surface area (Å²) < 4.78 is 40.0. The molecule has 0 radical (unpaired) electrons. The second kappa shape index (κ2) is 10.8. The standard InChI is InChI=1S/C19H26F2N6O5S/c1-24(2)23-17(28)27-5-4-25(6-7-31-27)16-14(20)8-12(9-15(16)21)26-11-13(32-19(26)29)10-22-18(33)30-3/h8-9,13H,4-7,10-11H2,1-3H3,(H,22,33)(H,23,28)/t13-/m0/s1. The molecule has 2 aliphatic rings. The fraction of sp³-hybridized carbons (Fsp3) is 0.526. The molecule has 2 fully saturated rings. The lowest BCUT2D eigenvalue weighted by Gasteiger charge is -2.25. The molecule has 0 aromatic heterocycles. The number of hydrogen-bond donors (Lipinski definition) is 2. The number of carbonyl (C=O) groups excluding carboxylic acids is 2. The van der Waals surface area contributed by atoms with E-state index in [0.717, 1.165) is 22.1 Å². The third-order valence-corrected chi connectivity index (χ3v) is 5.20. The molecule has 0 aliphatic carbocycles. The first-order valence-electron chi connectivity index (χ1n) is 10.1. The Morgan fingerprint density at radius 1 is 1.27 bits per heavy atom. The minimum Gasteiger partial charge on any atom is -0.474 e. The number of hydrogen-bond acceptors (Lipinski definition) is 8. The van der Waals surface area contributed by atoms with Gasteiger partial charge in [0.25, 0.3) is 5.17 Å². The summed E-state index contributed by atoms with van der Waals surface area (Å²) in [5.41, 5.74) is 2.32. The van der Waals surface area contributed by atoms with E-state index in [1.165, 1.54) is 17.0 Å². The zero-order valence-electron chi connectivity index (χ0n) is 18.5. The lowest BCUT2D eigenvalue weighted by molar-refractivity contribution is -0.108. The third kappa shape index (κ3) is 6.09. The highest BCUT2D eigenvalue weighted by Gasteiger charge is 2.34. The normalized spacial score (nSPS) is 18.8. The predicted octanol–water partition coefficient (Wildman–Crippen LogP) is 1.05. The van der Waals surface area contributed by atoms with Crippen LogP contribution in [0.1, 0.15) is 0 Å². The highest BCUT2D eigenvalue weighted by Crippen LogP contribution is 2.31. The fourth-order valence-corrected chi connectivity index (χ4v) is 3.48. The zero-order valence-corrected chi connectivity index (χ0v) is 19.3. The summed E-state index contributed by atoms with van der Waals surface area (Å²) in [7, 11) is 4.71. The van der Waals surface area contributed by atoms with Crippen LogP contribution in [0.4, 0.5) is 29.7 Å². The summed E-state index contributed by atoms with van der Waals surface area (Å²) in [6, 6.07) is 1.68. The van der Waals surface area contributed by atoms with Crippen LogP contribution >= 0.6 is 12.2 Å². The van der Waals surface area contributed by atoms with Crippen molar-refractivity contribution in [1.82, 2.24) is 20.8 Å². The number of ether oxygens (including phenoxy) is 2. The number of anilines is 2. The second-order valence-electron chi connectivity index (χ2n) is 7.48. The molecule has 33 heavy (non-hydrogen) atoms. The van der Waals surface area contributed by atoms with Gasteiger partial charge in [-0.1, -0.05) is 0 Å². The summed E-state index contributed by atoms with van der Waals surface area (Å²) in [5, 5.41) is 5.48. The van der Waals surface area contributed by atoms with Gasteiger partial charge in [0.1, 0.15) is 11.8 Å². The minimum atomic E-state index is -0.842. The van der Waals surface area contributed by atoms with Gasteiger partial charge in [0.2, 0.25) is 0 Å². The van der Waals surface area contributed by atoms with Crippen molar-refractivity contribution in [3.05, 3.63) is 23.8 Å². The van der Waals surface area contributed by atoms with Crippen molar-refractivity contribution in [2.45, 2.75) is 6.10 Å². The molecule has 182 valence electrons. The van der Waals surface area contributed by atoms with Crippen LogP contribution in [0.25, 0.3) is 0 Å². The number of carbonyl (C=O) groups is 2. The molecule has 0 saturated carbocycles. The van der Waals surface area contributed by atoms with Gasteiger partial charge >= 0.3 is 12.1 Å². The number of urea groups is 1. The van der Waals surface area contributed by atoms with E-state index < -0.39 is 29.9 Å². The molecular weight excluding hydrogens is 462 g/mol. The highest BCUT2D eigenvalue weighted by atomic mass is 32.1. The maximum Gasteiger partial charge on any atom is 0.414 e. The summed E-state index contributed by atoms with van der Waals surface area (Å²) in [6.07, 6.45) is -1.29. The molecule has 14 heteroatoms. The van der Waals surface area contributed by atoms with E-state index >= 15 is 0 Å². The van der Waals surface area contributed by atoms with Gasteiger partial charge in [-0.05, 0) is 12.2 Å².